The van der Waals surface area contributed by atoms with Crippen molar-refractivity contribution in [3.8, 4) is 0 Å². The number of aromatic nitrogens is 4. The molecule has 0 bridgehead atoms. The lowest BCUT2D eigenvalue weighted by Crippen LogP contribution is -2.51. The Labute approximate surface area is 323 Å². The number of hydrogen-bond donors (Lipinski definition) is 3. The molecule has 14 nitrogen and oxygen atoms in total. The average Bonchev–Trinajstić information content (AvgIpc) is 3.59. The van der Waals surface area contributed by atoms with Gasteiger partial charge in [-0.15, -0.1) is 10.2 Å². The van der Waals surface area contributed by atoms with Crippen molar-refractivity contribution in [1.82, 2.24) is 30.4 Å². The molecular formula is C40H43N9O5S. The number of carbonyl (C=O) groups excluding carboxylic acids is 2. The van der Waals surface area contributed by atoms with Crippen LogP contribution >= 0.6 is 11.8 Å². The Hall–Kier alpha value is -5.80. The standard InChI is InChI=1S/C40H43N9O5S/c1-39(2,3)54-38(53)44-40(4)12-14-48(15-13-40)34-24-42-35(25-41-34)55-31-7-5-6-29(23-31)43-36(50)27-9-8-26-21-30(22-28(26)20-27)47-16-18-49(19-17-47)33-11-10-32(37(51)52)45-46-33/h5-15,20,23-25,30H,16-19,21-22H2,1-4H3,(H,43,50)(H,44,53)(H,51,52). The second-order valence-electron chi connectivity index (χ2n) is 14.9. The van der Waals surface area contributed by atoms with Crippen molar-refractivity contribution < 1.29 is 24.2 Å². The molecule has 0 saturated carbocycles. The highest BCUT2D eigenvalue weighted by Crippen LogP contribution is 2.31. The SMILES string of the molecule is CC1(NC(=O)OC(C)(C)C)C=CN(c2cnc(Sc3cccc(NC(=O)c4ccc5c(c4)CC(N4CCN(c6ccc(C(=O)O)nn6)CC4)C5)c3)cn2)C=C1. The van der Waals surface area contributed by atoms with Gasteiger partial charge in [0.1, 0.15) is 10.6 Å². The first-order valence-corrected chi connectivity index (χ1v) is 18.9. The van der Waals surface area contributed by atoms with E-state index in [1.54, 1.807) is 18.5 Å². The summed E-state index contributed by atoms with van der Waals surface area (Å²) in [6, 6.07) is 17.2. The van der Waals surface area contributed by atoms with Gasteiger partial charge in [0.15, 0.2) is 17.3 Å². The Morgan fingerprint density at radius 2 is 1.65 bits per heavy atom. The number of carbonyl (C=O) groups is 3. The smallest absolute Gasteiger partial charge is 0.408 e. The number of benzene rings is 2. The van der Waals surface area contributed by atoms with Gasteiger partial charge in [0.05, 0.1) is 17.9 Å². The number of amides is 2. The fourth-order valence-corrected chi connectivity index (χ4v) is 7.50. The molecule has 4 aromatic rings. The summed E-state index contributed by atoms with van der Waals surface area (Å²) >= 11 is 1.44. The molecule has 3 N–H and O–H groups in total. The molecule has 0 radical (unpaired) electrons. The van der Waals surface area contributed by atoms with Crippen LogP contribution in [0.3, 0.4) is 0 Å². The molecule has 3 aliphatic rings. The van der Waals surface area contributed by atoms with Crippen molar-refractivity contribution in [2.45, 2.75) is 67.6 Å². The van der Waals surface area contributed by atoms with Crippen LogP contribution in [0.1, 0.15) is 59.7 Å². The molecule has 15 heteroatoms. The number of carboxylic acid groups (broad SMARTS) is 1. The molecule has 284 valence electrons. The average molecular weight is 762 g/mol. The number of alkyl carbamates (subject to hydrolysis) is 1. The number of carboxylic acids is 1. The van der Waals surface area contributed by atoms with E-state index in [0.717, 1.165) is 43.9 Å². The minimum Gasteiger partial charge on any atom is -0.476 e. The van der Waals surface area contributed by atoms with Crippen molar-refractivity contribution in [1.29, 1.82) is 0 Å². The minimum absolute atomic E-state index is 0.0623. The van der Waals surface area contributed by atoms with E-state index in [9.17, 15) is 14.4 Å². The van der Waals surface area contributed by atoms with E-state index in [1.807, 2.05) is 93.5 Å². The van der Waals surface area contributed by atoms with Crippen molar-refractivity contribution in [2.75, 3.05) is 41.3 Å². The fourth-order valence-electron chi connectivity index (χ4n) is 6.71. The highest BCUT2D eigenvalue weighted by atomic mass is 32.2. The predicted octanol–water partition coefficient (Wildman–Crippen LogP) is 5.79. The number of fused-ring (bicyclic) bond motifs is 1. The van der Waals surface area contributed by atoms with Gasteiger partial charge in [-0.3, -0.25) is 9.69 Å². The third-order valence-electron chi connectivity index (χ3n) is 9.53. The first kappa shape index (κ1) is 37.5. The Kier molecular flexibility index (Phi) is 10.6. The predicted molar refractivity (Wildman–Crippen MR) is 209 cm³/mol. The maximum absolute atomic E-state index is 13.4. The van der Waals surface area contributed by atoms with Crippen LogP contribution in [0.2, 0.25) is 0 Å². The van der Waals surface area contributed by atoms with Crippen LogP contribution in [-0.4, -0.2) is 91.5 Å². The van der Waals surface area contributed by atoms with Gasteiger partial charge >= 0.3 is 12.1 Å². The monoisotopic (exact) mass is 761 g/mol. The molecule has 1 saturated heterocycles. The zero-order chi connectivity index (χ0) is 38.7. The summed E-state index contributed by atoms with van der Waals surface area (Å²) in [7, 11) is 0. The van der Waals surface area contributed by atoms with Crippen LogP contribution in [0.25, 0.3) is 0 Å². The molecule has 1 atom stereocenters. The summed E-state index contributed by atoms with van der Waals surface area (Å²) < 4.78 is 5.39. The van der Waals surface area contributed by atoms with Crippen LogP contribution < -0.4 is 20.4 Å². The second-order valence-corrected chi connectivity index (χ2v) is 16.0. The van der Waals surface area contributed by atoms with Gasteiger partial charge < -0.3 is 30.3 Å². The summed E-state index contributed by atoms with van der Waals surface area (Å²) in [6.45, 7) is 10.6. The maximum Gasteiger partial charge on any atom is 0.408 e. The maximum atomic E-state index is 13.4. The number of hydrogen-bond acceptors (Lipinski definition) is 12. The molecule has 2 aromatic heterocycles. The van der Waals surface area contributed by atoms with Crippen molar-refractivity contribution in [3.05, 3.63) is 114 Å². The lowest BCUT2D eigenvalue weighted by Gasteiger charge is -2.38. The van der Waals surface area contributed by atoms with Crippen molar-refractivity contribution in [3.63, 3.8) is 0 Å². The number of anilines is 3. The van der Waals surface area contributed by atoms with E-state index >= 15 is 0 Å². The van der Waals surface area contributed by atoms with Crippen molar-refractivity contribution >= 4 is 47.1 Å². The summed E-state index contributed by atoms with van der Waals surface area (Å²) in [5.74, 6) is 0.0585. The Morgan fingerprint density at radius 3 is 2.33 bits per heavy atom. The zero-order valence-electron chi connectivity index (χ0n) is 31.1. The number of piperazine rings is 1. The van der Waals surface area contributed by atoms with Crippen molar-refractivity contribution in [2.24, 2.45) is 0 Å². The first-order chi connectivity index (χ1) is 26.3. The number of nitrogens with zero attached hydrogens (tertiary/aromatic N) is 7. The molecule has 7 rings (SSSR count). The Bertz CT molecular complexity index is 2110. The van der Waals surface area contributed by atoms with E-state index in [2.05, 4.69) is 46.7 Å². The molecule has 55 heavy (non-hydrogen) atoms. The van der Waals surface area contributed by atoms with Gasteiger partial charge in [-0.2, -0.15) is 0 Å². The quantitative estimate of drug-likeness (QED) is 0.188. The van der Waals surface area contributed by atoms with E-state index < -0.39 is 23.2 Å². The summed E-state index contributed by atoms with van der Waals surface area (Å²) in [5, 5.41) is 23.7. The molecule has 1 unspecified atom stereocenters. The zero-order valence-corrected chi connectivity index (χ0v) is 31.9. The molecule has 2 aromatic carbocycles. The molecule has 2 aliphatic heterocycles. The van der Waals surface area contributed by atoms with Crippen LogP contribution in [0.15, 0.2) is 101 Å². The summed E-state index contributed by atoms with van der Waals surface area (Å²) in [6.07, 6.45) is 12.1. The van der Waals surface area contributed by atoms with E-state index in [0.29, 0.717) is 34.0 Å². The summed E-state index contributed by atoms with van der Waals surface area (Å²) in [5.41, 5.74) is 2.42. The summed E-state index contributed by atoms with van der Waals surface area (Å²) in [4.78, 5) is 53.3. The molecule has 1 aliphatic carbocycles. The number of nitrogens with one attached hydrogen (secondary N) is 2. The highest BCUT2D eigenvalue weighted by molar-refractivity contribution is 7.99. The van der Waals surface area contributed by atoms with Crippen LogP contribution in [-0.2, 0) is 17.6 Å². The van der Waals surface area contributed by atoms with Crippen LogP contribution in [0, 0.1) is 0 Å². The minimum atomic E-state index is -1.09. The molecule has 1 fully saturated rings. The Balaban J connectivity index is 0.899. The van der Waals surface area contributed by atoms with E-state index in [-0.39, 0.29) is 11.6 Å². The second kappa shape index (κ2) is 15.5. The fraction of sp³-hybridized carbons (Fsp3) is 0.325. The molecular weight excluding hydrogens is 719 g/mol. The molecule has 0 spiro atoms. The van der Waals surface area contributed by atoms with Crippen LogP contribution in [0.5, 0.6) is 0 Å². The molecule has 4 heterocycles. The lowest BCUT2D eigenvalue weighted by atomic mass is 10.0. The molecule has 2 amide bonds. The van der Waals surface area contributed by atoms with Gasteiger partial charge in [0.2, 0.25) is 0 Å². The third kappa shape index (κ3) is 9.30. The lowest BCUT2D eigenvalue weighted by molar-refractivity contribution is 0.0498. The third-order valence-corrected chi connectivity index (χ3v) is 10.4. The van der Waals surface area contributed by atoms with Gasteiger partial charge in [-0.1, -0.05) is 23.9 Å². The highest BCUT2D eigenvalue weighted by Gasteiger charge is 2.31. The van der Waals surface area contributed by atoms with E-state index in [4.69, 9.17) is 9.84 Å². The normalized spacial score (nSPS) is 17.8. The number of rotatable bonds is 9. The number of ether oxygens (including phenoxy) is 1. The van der Waals surface area contributed by atoms with Gasteiger partial charge in [0.25, 0.3) is 5.91 Å². The van der Waals surface area contributed by atoms with Crippen LogP contribution in [0.4, 0.5) is 22.1 Å². The van der Waals surface area contributed by atoms with Gasteiger partial charge in [0, 0.05) is 60.8 Å². The first-order valence-electron chi connectivity index (χ1n) is 18.1. The largest absolute Gasteiger partial charge is 0.476 e. The van der Waals surface area contributed by atoms with Gasteiger partial charge in [-0.05, 0) is 106 Å². The topological polar surface area (TPSA) is 166 Å². The number of aromatic carboxylic acids is 1. The Morgan fingerprint density at radius 1 is 0.891 bits per heavy atom. The van der Waals surface area contributed by atoms with E-state index in [1.165, 1.54) is 29.0 Å². The van der Waals surface area contributed by atoms with Gasteiger partial charge in [-0.25, -0.2) is 19.6 Å².